The van der Waals surface area contributed by atoms with E-state index in [4.69, 9.17) is 0 Å². The first kappa shape index (κ1) is 17.5. The van der Waals surface area contributed by atoms with Crippen LogP contribution in [0.2, 0.25) is 0 Å². The highest BCUT2D eigenvalue weighted by Crippen LogP contribution is 2.26. The van der Waals surface area contributed by atoms with Crippen LogP contribution in [0.25, 0.3) is 0 Å². The Bertz CT molecular complexity index is 521. The number of carbonyl (C=O) groups excluding carboxylic acids is 1. The van der Waals surface area contributed by atoms with Gasteiger partial charge in [0.05, 0.1) is 0 Å². The summed E-state index contributed by atoms with van der Waals surface area (Å²) in [4.78, 5) is 21.7. The van der Waals surface area contributed by atoms with E-state index >= 15 is 0 Å². The molecule has 5 nitrogen and oxygen atoms in total. The Morgan fingerprint density at radius 3 is 2.83 bits per heavy atom. The molecule has 0 spiro atoms. The van der Waals surface area contributed by atoms with E-state index in [1.54, 1.807) is 0 Å². The number of likely N-dealkylation sites (tertiary alicyclic amines) is 2. The number of rotatable bonds is 7. The van der Waals surface area contributed by atoms with Gasteiger partial charge < -0.3 is 14.4 Å². The maximum atomic E-state index is 12.6. The van der Waals surface area contributed by atoms with E-state index in [0.29, 0.717) is 18.2 Å². The van der Waals surface area contributed by atoms with Gasteiger partial charge in [0.25, 0.3) is 0 Å². The molecule has 1 unspecified atom stereocenters. The molecular weight excluding hydrogens is 300 g/mol. The Hall–Kier alpha value is -1.36. The van der Waals surface area contributed by atoms with Crippen LogP contribution >= 0.6 is 0 Å². The van der Waals surface area contributed by atoms with Crippen LogP contribution in [0.3, 0.4) is 0 Å². The van der Waals surface area contributed by atoms with E-state index in [9.17, 15) is 4.79 Å². The zero-order chi connectivity index (χ0) is 16.8. The first-order chi connectivity index (χ1) is 11.8. The summed E-state index contributed by atoms with van der Waals surface area (Å²) in [5.74, 6) is 1.92. The molecule has 0 saturated carbocycles. The third kappa shape index (κ3) is 4.38. The molecule has 3 heterocycles. The van der Waals surface area contributed by atoms with E-state index in [1.807, 2.05) is 6.20 Å². The summed E-state index contributed by atoms with van der Waals surface area (Å²) < 4.78 is 2.30. The van der Waals surface area contributed by atoms with E-state index < -0.39 is 0 Å². The van der Waals surface area contributed by atoms with E-state index in [0.717, 1.165) is 39.0 Å². The largest absolute Gasteiger partial charge is 0.342 e. The number of unbranched alkanes of at least 4 members (excludes halogenated alkanes) is 1. The van der Waals surface area contributed by atoms with Gasteiger partial charge in [0.2, 0.25) is 5.91 Å². The van der Waals surface area contributed by atoms with Crippen molar-refractivity contribution < 1.29 is 4.79 Å². The van der Waals surface area contributed by atoms with Crippen molar-refractivity contribution in [1.82, 2.24) is 19.4 Å². The Morgan fingerprint density at radius 2 is 2.04 bits per heavy atom. The number of nitrogens with zero attached hydrogens (tertiary/aromatic N) is 4. The van der Waals surface area contributed by atoms with Crippen molar-refractivity contribution in [3.05, 3.63) is 18.2 Å². The second-order valence-electron chi connectivity index (χ2n) is 7.31. The van der Waals surface area contributed by atoms with E-state index in [-0.39, 0.29) is 0 Å². The molecule has 0 bridgehead atoms. The molecule has 2 aliphatic rings. The van der Waals surface area contributed by atoms with Crippen molar-refractivity contribution in [2.45, 2.75) is 64.3 Å². The van der Waals surface area contributed by atoms with Crippen LogP contribution in [0, 0.1) is 0 Å². The number of carbonyl (C=O) groups is 1. The third-order valence-corrected chi connectivity index (χ3v) is 5.48. The molecule has 2 aliphatic heterocycles. The molecule has 0 aliphatic carbocycles. The SMILES string of the molecule is CCCCn1ccnc1C1CCCN(C(=O)CCN2CCCC2)C1. The minimum Gasteiger partial charge on any atom is -0.342 e. The van der Waals surface area contributed by atoms with Crippen molar-refractivity contribution in [1.29, 1.82) is 0 Å². The number of aryl methyl sites for hydroxylation is 1. The summed E-state index contributed by atoms with van der Waals surface area (Å²) in [6, 6.07) is 0. The van der Waals surface area contributed by atoms with E-state index in [2.05, 4.69) is 32.5 Å². The Kier molecular flexibility index (Phi) is 6.30. The third-order valence-electron chi connectivity index (χ3n) is 5.48. The molecule has 0 N–H and O–H groups in total. The van der Waals surface area contributed by atoms with Crippen molar-refractivity contribution in [2.75, 3.05) is 32.7 Å². The highest BCUT2D eigenvalue weighted by molar-refractivity contribution is 5.76. The predicted octanol–water partition coefficient (Wildman–Crippen LogP) is 2.88. The maximum absolute atomic E-state index is 12.6. The van der Waals surface area contributed by atoms with Gasteiger partial charge in [-0.2, -0.15) is 0 Å². The van der Waals surface area contributed by atoms with Crippen LogP contribution in [-0.4, -0.2) is 58.0 Å². The minimum atomic E-state index is 0.332. The first-order valence-electron chi connectivity index (χ1n) is 9.79. The van der Waals surface area contributed by atoms with Crippen molar-refractivity contribution in [3.8, 4) is 0 Å². The lowest BCUT2D eigenvalue weighted by molar-refractivity contribution is -0.132. The number of aromatic nitrogens is 2. The fourth-order valence-electron chi connectivity index (χ4n) is 4.03. The second kappa shape index (κ2) is 8.65. The fourth-order valence-corrected chi connectivity index (χ4v) is 4.03. The van der Waals surface area contributed by atoms with Gasteiger partial charge in [-0.15, -0.1) is 0 Å². The number of hydrogen-bond acceptors (Lipinski definition) is 3. The van der Waals surface area contributed by atoms with Gasteiger partial charge in [-0.3, -0.25) is 4.79 Å². The second-order valence-corrected chi connectivity index (χ2v) is 7.31. The van der Waals surface area contributed by atoms with Crippen LogP contribution in [-0.2, 0) is 11.3 Å². The van der Waals surface area contributed by atoms with Gasteiger partial charge in [0, 0.05) is 50.9 Å². The zero-order valence-corrected chi connectivity index (χ0v) is 15.1. The molecule has 1 aromatic rings. The molecule has 24 heavy (non-hydrogen) atoms. The molecule has 2 saturated heterocycles. The highest BCUT2D eigenvalue weighted by atomic mass is 16.2. The number of imidazole rings is 1. The topological polar surface area (TPSA) is 41.4 Å². The Balaban J connectivity index is 1.53. The van der Waals surface area contributed by atoms with Crippen molar-refractivity contribution in [2.24, 2.45) is 0 Å². The number of piperidine rings is 1. The molecular formula is C19H32N4O. The Morgan fingerprint density at radius 1 is 1.21 bits per heavy atom. The summed E-state index contributed by atoms with van der Waals surface area (Å²) in [7, 11) is 0. The molecule has 134 valence electrons. The maximum Gasteiger partial charge on any atom is 0.223 e. The fraction of sp³-hybridized carbons (Fsp3) is 0.789. The van der Waals surface area contributed by atoms with Gasteiger partial charge in [0.1, 0.15) is 5.82 Å². The lowest BCUT2D eigenvalue weighted by atomic mass is 9.96. The molecule has 3 rings (SSSR count). The summed E-state index contributed by atoms with van der Waals surface area (Å²) in [6.45, 7) is 8.32. The highest BCUT2D eigenvalue weighted by Gasteiger charge is 2.27. The normalized spacial score (nSPS) is 22.2. The van der Waals surface area contributed by atoms with Crippen LogP contribution < -0.4 is 0 Å². The van der Waals surface area contributed by atoms with Crippen LogP contribution in [0.15, 0.2) is 12.4 Å². The molecule has 5 heteroatoms. The zero-order valence-electron chi connectivity index (χ0n) is 15.1. The standard InChI is InChI=1S/C19H32N4O/c1-2-3-12-22-15-9-20-19(22)17-7-6-13-23(16-17)18(24)8-14-21-10-4-5-11-21/h9,15,17H,2-8,10-14,16H2,1H3. The summed E-state index contributed by atoms with van der Waals surface area (Å²) >= 11 is 0. The van der Waals surface area contributed by atoms with Crippen molar-refractivity contribution in [3.63, 3.8) is 0 Å². The quantitative estimate of drug-likeness (QED) is 0.771. The molecule has 1 amide bonds. The summed E-state index contributed by atoms with van der Waals surface area (Å²) in [5, 5.41) is 0. The number of amides is 1. The molecule has 0 aromatic carbocycles. The summed E-state index contributed by atoms with van der Waals surface area (Å²) in [5.41, 5.74) is 0. The lowest BCUT2D eigenvalue weighted by Gasteiger charge is -2.33. The van der Waals surface area contributed by atoms with Crippen LogP contribution in [0.4, 0.5) is 0 Å². The first-order valence-corrected chi connectivity index (χ1v) is 9.79. The smallest absolute Gasteiger partial charge is 0.223 e. The monoisotopic (exact) mass is 332 g/mol. The molecule has 1 atom stereocenters. The Labute approximate surface area is 146 Å². The lowest BCUT2D eigenvalue weighted by Crippen LogP contribution is -2.41. The van der Waals surface area contributed by atoms with Crippen LogP contribution in [0.1, 0.15) is 63.6 Å². The average Bonchev–Trinajstić information content (AvgIpc) is 3.29. The molecule has 0 radical (unpaired) electrons. The van der Waals surface area contributed by atoms with E-state index in [1.165, 1.54) is 44.6 Å². The molecule has 2 fully saturated rings. The van der Waals surface area contributed by atoms with Gasteiger partial charge in [-0.05, 0) is 45.2 Å². The van der Waals surface area contributed by atoms with Gasteiger partial charge in [0.15, 0.2) is 0 Å². The molecule has 1 aromatic heterocycles. The predicted molar refractivity (Wildman–Crippen MR) is 96.0 cm³/mol. The summed E-state index contributed by atoms with van der Waals surface area (Å²) in [6.07, 6.45) is 11.9. The van der Waals surface area contributed by atoms with Gasteiger partial charge >= 0.3 is 0 Å². The minimum absolute atomic E-state index is 0.332. The number of hydrogen-bond donors (Lipinski definition) is 0. The van der Waals surface area contributed by atoms with Gasteiger partial charge in [-0.25, -0.2) is 4.98 Å². The van der Waals surface area contributed by atoms with Crippen LogP contribution in [0.5, 0.6) is 0 Å². The van der Waals surface area contributed by atoms with Gasteiger partial charge in [-0.1, -0.05) is 13.3 Å². The van der Waals surface area contributed by atoms with Crippen molar-refractivity contribution >= 4 is 5.91 Å². The average molecular weight is 332 g/mol.